The second kappa shape index (κ2) is 11.0. The Hall–Kier alpha value is -2.29. The molecule has 2 amide bonds. The number of sulfonamides is 1. The fourth-order valence-electron chi connectivity index (χ4n) is 3.33. The molecule has 186 valence electrons. The number of anilines is 1. The maximum atomic E-state index is 13.6. The van der Waals surface area contributed by atoms with Crippen molar-refractivity contribution >= 4 is 50.7 Å². The zero-order chi connectivity index (χ0) is 25.8. The predicted octanol–water partition coefficient (Wildman–Crippen LogP) is 4.40. The highest BCUT2D eigenvalue weighted by molar-refractivity contribution is 7.92. The molecule has 0 aliphatic heterocycles. The highest BCUT2D eigenvalue weighted by atomic mass is 35.5. The van der Waals surface area contributed by atoms with Crippen LogP contribution >= 0.6 is 23.2 Å². The topological polar surface area (TPSA) is 86.8 Å². The van der Waals surface area contributed by atoms with Crippen LogP contribution in [0.3, 0.4) is 0 Å². The van der Waals surface area contributed by atoms with Crippen molar-refractivity contribution < 1.29 is 18.0 Å². The van der Waals surface area contributed by atoms with Gasteiger partial charge in [0, 0.05) is 22.1 Å². The Morgan fingerprint density at radius 2 is 1.62 bits per heavy atom. The van der Waals surface area contributed by atoms with E-state index in [0.29, 0.717) is 26.9 Å². The average molecular weight is 529 g/mol. The quantitative estimate of drug-likeness (QED) is 0.551. The van der Waals surface area contributed by atoms with Crippen LogP contribution < -0.4 is 9.62 Å². The van der Waals surface area contributed by atoms with Crippen molar-refractivity contribution in [3.8, 4) is 0 Å². The number of nitrogens with zero attached hydrogens (tertiary/aromatic N) is 2. The van der Waals surface area contributed by atoms with Crippen LogP contribution in [0.1, 0.15) is 38.8 Å². The summed E-state index contributed by atoms with van der Waals surface area (Å²) >= 11 is 12.5. The van der Waals surface area contributed by atoms with E-state index in [1.807, 2.05) is 20.8 Å². The van der Waals surface area contributed by atoms with E-state index in [-0.39, 0.29) is 12.5 Å². The summed E-state index contributed by atoms with van der Waals surface area (Å²) in [6, 6.07) is 11.0. The van der Waals surface area contributed by atoms with E-state index in [1.54, 1.807) is 56.3 Å². The number of carbonyl (C=O) groups excluding carboxylic acids is 2. The van der Waals surface area contributed by atoms with Crippen molar-refractivity contribution in [1.82, 2.24) is 10.2 Å². The molecule has 0 spiro atoms. The van der Waals surface area contributed by atoms with Crippen LogP contribution in [0, 0.1) is 6.92 Å². The van der Waals surface area contributed by atoms with Gasteiger partial charge in [0.2, 0.25) is 21.8 Å². The molecule has 34 heavy (non-hydrogen) atoms. The van der Waals surface area contributed by atoms with Crippen molar-refractivity contribution in [3.05, 3.63) is 63.6 Å². The van der Waals surface area contributed by atoms with E-state index < -0.39 is 34.1 Å². The van der Waals surface area contributed by atoms with Crippen LogP contribution in [0.15, 0.2) is 42.5 Å². The molecule has 0 unspecified atom stereocenters. The normalized spacial score (nSPS) is 12.7. The number of nitrogens with one attached hydrogen (secondary N) is 1. The van der Waals surface area contributed by atoms with Gasteiger partial charge in [-0.3, -0.25) is 13.9 Å². The van der Waals surface area contributed by atoms with E-state index in [2.05, 4.69) is 5.32 Å². The van der Waals surface area contributed by atoms with Gasteiger partial charge in [-0.25, -0.2) is 8.42 Å². The SMILES string of the molecule is Cc1c(Cl)cccc1N(CC(=O)N(Cc1ccccc1Cl)[C@H](C)C(=O)NC(C)(C)C)S(C)(=O)=O. The minimum absolute atomic E-state index is 0.0311. The predicted molar refractivity (Wildman–Crippen MR) is 138 cm³/mol. The maximum absolute atomic E-state index is 13.6. The van der Waals surface area contributed by atoms with Gasteiger partial charge in [-0.2, -0.15) is 0 Å². The standard InChI is InChI=1S/C24H31Cl2N3O4S/c1-16-19(25)12-9-13-21(16)29(34(6,32)33)15-22(30)28(14-18-10-7-8-11-20(18)26)17(2)23(31)27-24(3,4)5/h7-13,17H,14-15H2,1-6H3,(H,27,31)/t17-/m1/s1. The maximum Gasteiger partial charge on any atom is 0.244 e. The second-order valence-electron chi connectivity index (χ2n) is 9.18. The van der Waals surface area contributed by atoms with Gasteiger partial charge in [-0.1, -0.05) is 47.5 Å². The summed E-state index contributed by atoms with van der Waals surface area (Å²) in [5.74, 6) is -0.918. The Labute approximate surface area is 212 Å². The summed E-state index contributed by atoms with van der Waals surface area (Å²) in [7, 11) is -3.84. The van der Waals surface area contributed by atoms with Crippen LogP contribution in [0.4, 0.5) is 5.69 Å². The highest BCUT2D eigenvalue weighted by Gasteiger charge is 2.32. The Morgan fingerprint density at radius 3 is 2.18 bits per heavy atom. The third kappa shape index (κ3) is 7.35. The zero-order valence-corrected chi connectivity index (χ0v) is 22.6. The first-order chi connectivity index (χ1) is 15.6. The Balaban J connectivity index is 2.47. The molecule has 0 radical (unpaired) electrons. The Bertz CT molecular complexity index is 1160. The minimum Gasteiger partial charge on any atom is -0.350 e. The van der Waals surface area contributed by atoms with E-state index in [4.69, 9.17) is 23.2 Å². The van der Waals surface area contributed by atoms with Crippen molar-refractivity contribution in [2.24, 2.45) is 0 Å². The van der Waals surface area contributed by atoms with E-state index >= 15 is 0 Å². The average Bonchev–Trinajstić information content (AvgIpc) is 2.71. The molecule has 0 heterocycles. The fourth-order valence-corrected chi connectivity index (χ4v) is 4.59. The van der Waals surface area contributed by atoms with Gasteiger partial charge in [-0.05, 0) is 63.9 Å². The van der Waals surface area contributed by atoms with Crippen LogP contribution in [0.2, 0.25) is 10.0 Å². The third-order valence-electron chi connectivity index (χ3n) is 5.15. The van der Waals surface area contributed by atoms with E-state index in [9.17, 15) is 18.0 Å². The Kier molecular flexibility index (Phi) is 9.02. The Morgan fingerprint density at radius 1 is 1.03 bits per heavy atom. The summed E-state index contributed by atoms with van der Waals surface area (Å²) in [4.78, 5) is 27.8. The molecule has 2 rings (SSSR count). The first-order valence-electron chi connectivity index (χ1n) is 10.7. The van der Waals surface area contributed by atoms with Gasteiger partial charge in [0.25, 0.3) is 0 Å². The number of carbonyl (C=O) groups is 2. The van der Waals surface area contributed by atoms with Gasteiger partial charge in [-0.15, -0.1) is 0 Å². The van der Waals surface area contributed by atoms with Crippen molar-refractivity contribution in [2.75, 3.05) is 17.1 Å². The number of halogens is 2. The molecule has 7 nitrogen and oxygen atoms in total. The lowest BCUT2D eigenvalue weighted by atomic mass is 10.1. The molecule has 2 aromatic carbocycles. The molecule has 0 aliphatic rings. The molecular formula is C24H31Cl2N3O4S. The zero-order valence-electron chi connectivity index (χ0n) is 20.2. The number of hydrogen-bond donors (Lipinski definition) is 1. The number of rotatable bonds is 8. The smallest absolute Gasteiger partial charge is 0.244 e. The first-order valence-corrected chi connectivity index (χ1v) is 13.3. The minimum atomic E-state index is -3.84. The van der Waals surface area contributed by atoms with E-state index in [1.165, 1.54) is 4.90 Å². The molecule has 0 saturated heterocycles. The monoisotopic (exact) mass is 527 g/mol. The molecule has 1 N–H and O–H groups in total. The summed E-state index contributed by atoms with van der Waals surface area (Å²) in [5.41, 5.74) is 0.949. The summed E-state index contributed by atoms with van der Waals surface area (Å²) in [6.45, 7) is 8.33. The largest absolute Gasteiger partial charge is 0.350 e. The number of amides is 2. The van der Waals surface area contributed by atoms with Gasteiger partial charge < -0.3 is 10.2 Å². The van der Waals surface area contributed by atoms with Gasteiger partial charge in [0.15, 0.2) is 0 Å². The van der Waals surface area contributed by atoms with Crippen LogP contribution in [-0.2, 0) is 26.2 Å². The molecular weight excluding hydrogens is 497 g/mol. The molecule has 0 aliphatic carbocycles. The van der Waals surface area contributed by atoms with Gasteiger partial charge in [0.1, 0.15) is 12.6 Å². The lowest BCUT2D eigenvalue weighted by Gasteiger charge is -2.33. The molecule has 2 aromatic rings. The van der Waals surface area contributed by atoms with E-state index in [0.717, 1.165) is 10.6 Å². The number of benzene rings is 2. The van der Waals surface area contributed by atoms with Gasteiger partial charge >= 0.3 is 0 Å². The van der Waals surface area contributed by atoms with Crippen LogP contribution in [0.5, 0.6) is 0 Å². The van der Waals surface area contributed by atoms with Crippen LogP contribution in [-0.4, -0.2) is 49.5 Å². The molecule has 0 bridgehead atoms. The molecule has 10 heteroatoms. The van der Waals surface area contributed by atoms with Gasteiger partial charge in [0.05, 0.1) is 11.9 Å². The van der Waals surface area contributed by atoms with Crippen LogP contribution in [0.25, 0.3) is 0 Å². The lowest BCUT2D eigenvalue weighted by Crippen LogP contribution is -2.54. The second-order valence-corrected chi connectivity index (χ2v) is 11.9. The first kappa shape index (κ1) is 28.0. The summed E-state index contributed by atoms with van der Waals surface area (Å²) in [6.07, 6.45) is 1.02. The molecule has 0 fully saturated rings. The molecule has 1 atom stereocenters. The summed E-state index contributed by atoms with van der Waals surface area (Å²) in [5, 5.41) is 3.69. The summed E-state index contributed by atoms with van der Waals surface area (Å²) < 4.78 is 26.3. The number of hydrogen-bond acceptors (Lipinski definition) is 4. The molecule has 0 aromatic heterocycles. The highest BCUT2D eigenvalue weighted by Crippen LogP contribution is 2.28. The fraction of sp³-hybridized carbons (Fsp3) is 0.417. The lowest BCUT2D eigenvalue weighted by molar-refractivity contribution is -0.140. The van der Waals surface area contributed by atoms with Crippen molar-refractivity contribution in [2.45, 2.75) is 52.7 Å². The third-order valence-corrected chi connectivity index (χ3v) is 7.06. The van der Waals surface area contributed by atoms with Crippen molar-refractivity contribution in [3.63, 3.8) is 0 Å². The molecule has 0 saturated carbocycles. The van der Waals surface area contributed by atoms with Crippen molar-refractivity contribution in [1.29, 1.82) is 0 Å².